The number of aliphatic hydroxyl groups is 1. The minimum atomic E-state index is -0.931. The number of nitrogens with zero attached hydrogens (tertiary/aromatic N) is 1. The van der Waals surface area contributed by atoms with E-state index in [1.54, 1.807) is 36.2 Å². The Morgan fingerprint density at radius 3 is 2.71 bits per heavy atom. The number of hydrogen-bond donors (Lipinski definition) is 3. The molecule has 3 N–H and O–H groups in total. The molecule has 0 bridgehead atoms. The van der Waals surface area contributed by atoms with Crippen LogP contribution in [0.1, 0.15) is 18.9 Å². The molecule has 0 heterocycles. The van der Waals surface area contributed by atoms with Gasteiger partial charge in [0, 0.05) is 38.7 Å². The Morgan fingerprint density at radius 2 is 2.04 bits per heavy atom. The first-order valence-corrected chi connectivity index (χ1v) is 7.99. The van der Waals surface area contributed by atoms with Gasteiger partial charge in [-0.05, 0) is 6.07 Å². The number of carbonyl (C=O) groups excluding carboxylic acids is 1. The van der Waals surface area contributed by atoms with Gasteiger partial charge in [-0.1, -0.05) is 25.1 Å². The van der Waals surface area contributed by atoms with E-state index in [-0.39, 0.29) is 18.9 Å². The summed E-state index contributed by atoms with van der Waals surface area (Å²) in [7, 11) is 1.74. The maximum absolute atomic E-state index is 11.4. The molecule has 134 valence electrons. The first kappa shape index (κ1) is 19.9. The van der Waals surface area contributed by atoms with E-state index < -0.39 is 12.1 Å². The molecule has 0 aliphatic rings. The second-order valence-corrected chi connectivity index (χ2v) is 5.52. The lowest BCUT2D eigenvalue weighted by Gasteiger charge is -2.18. The highest BCUT2D eigenvalue weighted by Crippen LogP contribution is 2.18. The van der Waals surface area contributed by atoms with Gasteiger partial charge in [0.25, 0.3) is 0 Å². The monoisotopic (exact) mass is 338 g/mol. The van der Waals surface area contributed by atoms with E-state index >= 15 is 0 Å². The molecule has 7 heteroatoms. The maximum atomic E-state index is 11.4. The van der Waals surface area contributed by atoms with Crippen LogP contribution >= 0.6 is 0 Å². The van der Waals surface area contributed by atoms with Crippen molar-refractivity contribution in [1.82, 2.24) is 10.2 Å². The fourth-order valence-electron chi connectivity index (χ4n) is 2.11. The number of likely N-dealkylation sites (N-methyl/N-ethyl adjacent to an activating group) is 1. The lowest BCUT2D eigenvalue weighted by atomic mass is 10.1. The molecule has 1 atom stereocenters. The van der Waals surface area contributed by atoms with Gasteiger partial charge < -0.3 is 25.2 Å². The molecule has 0 saturated carbocycles. The number of nitrogens with one attached hydrogen (secondary N) is 1. The standard InChI is InChI=1S/C17H26N2O5/c1-3-16(21)19(2)9-8-18-11-14(20)12-24-15-7-5-4-6-13(15)10-17(22)23/h4-7,14,18,20H,3,8-12H2,1-2H3,(H,22,23). The quantitative estimate of drug-likeness (QED) is 0.509. The number of carboxylic acid groups (broad SMARTS) is 1. The van der Waals surface area contributed by atoms with Crippen molar-refractivity contribution < 1.29 is 24.5 Å². The molecule has 1 aromatic carbocycles. The number of hydrogen-bond acceptors (Lipinski definition) is 5. The fraction of sp³-hybridized carbons (Fsp3) is 0.529. The zero-order chi connectivity index (χ0) is 17.9. The number of benzene rings is 1. The van der Waals surface area contributed by atoms with E-state index in [1.807, 2.05) is 6.92 Å². The molecule has 0 aromatic heterocycles. The third kappa shape index (κ3) is 7.43. The Hall–Kier alpha value is -2.12. The molecule has 0 radical (unpaired) electrons. The van der Waals surface area contributed by atoms with E-state index in [0.717, 1.165) is 0 Å². The largest absolute Gasteiger partial charge is 0.491 e. The number of aliphatic carboxylic acids is 1. The summed E-state index contributed by atoms with van der Waals surface area (Å²) < 4.78 is 5.52. The number of ether oxygens (including phenoxy) is 1. The molecule has 0 saturated heterocycles. The van der Waals surface area contributed by atoms with Crippen LogP contribution in [0.3, 0.4) is 0 Å². The van der Waals surface area contributed by atoms with E-state index in [9.17, 15) is 14.7 Å². The van der Waals surface area contributed by atoms with Gasteiger partial charge in [0.1, 0.15) is 18.5 Å². The lowest BCUT2D eigenvalue weighted by molar-refractivity contribution is -0.136. The summed E-state index contributed by atoms with van der Waals surface area (Å²) in [5.41, 5.74) is 0.574. The van der Waals surface area contributed by atoms with Gasteiger partial charge in [0.15, 0.2) is 0 Å². The van der Waals surface area contributed by atoms with Crippen LogP contribution < -0.4 is 10.1 Å². The third-order valence-corrected chi connectivity index (χ3v) is 3.48. The summed E-state index contributed by atoms with van der Waals surface area (Å²) in [6.07, 6.45) is -0.375. The van der Waals surface area contributed by atoms with Gasteiger partial charge in [-0.25, -0.2) is 0 Å². The first-order valence-electron chi connectivity index (χ1n) is 7.99. The summed E-state index contributed by atoms with van der Waals surface area (Å²) in [6, 6.07) is 6.88. The van der Waals surface area contributed by atoms with Crippen molar-refractivity contribution in [2.45, 2.75) is 25.9 Å². The molecule has 24 heavy (non-hydrogen) atoms. The van der Waals surface area contributed by atoms with Crippen LogP contribution in [0.2, 0.25) is 0 Å². The molecular formula is C17H26N2O5. The molecular weight excluding hydrogens is 312 g/mol. The van der Waals surface area contributed by atoms with Crippen LogP contribution in [-0.4, -0.2) is 66.4 Å². The normalized spacial score (nSPS) is 11.8. The summed E-state index contributed by atoms with van der Waals surface area (Å²) in [4.78, 5) is 23.8. The van der Waals surface area contributed by atoms with Crippen LogP contribution in [0.4, 0.5) is 0 Å². The molecule has 1 rings (SSSR count). The molecule has 1 aromatic rings. The Balaban J connectivity index is 2.30. The highest BCUT2D eigenvalue weighted by molar-refractivity contribution is 5.75. The molecule has 0 aliphatic carbocycles. The van der Waals surface area contributed by atoms with Gasteiger partial charge >= 0.3 is 5.97 Å². The molecule has 0 aliphatic heterocycles. The Labute approximate surface area is 142 Å². The maximum Gasteiger partial charge on any atom is 0.307 e. The second-order valence-electron chi connectivity index (χ2n) is 5.52. The number of carboxylic acids is 1. The van der Waals surface area contributed by atoms with Crippen molar-refractivity contribution >= 4 is 11.9 Å². The summed E-state index contributed by atoms with van der Waals surface area (Å²) in [5, 5.41) is 21.9. The van der Waals surface area contributed by atoms with Crippen LogP contribution in [-0.2, 0) is 16.0 Å². The number of carbonyl (C=O) groups is 2. The van der Waals surface area contributed by atoms with Crippen LogP contribution in [0.25, 0.3) is 0 Å². The van der Waals surface area contributed by atoms with Gasteiger partial charge in [-0.2, -0.15) is 0 Å². The molecule has 0 spiro atoms. The van der Waals surface area contributed by atoms with Crippen molar-refractivity contribution in [3.05, 3.63) is 29.8 Å². The van der Waals surface area contributed by atoms with Crippen molar-refractivity contribution in [3.63, 3.8) is 0 Å². The van der Waals surface area contributed by atoms with Gasteiger partial charge in [-0.3, -0.25) is 9.59 Å². The van der Waals surface area contributed by atoms with E-state index in [0.29, 0.717) is 37.4 Å². The highest BCUT2D eigenvalue weighted by atomic mass is 16.5. The third-order valence-electron chi connectivity index (χ3n) is 3.48. The molecule has 1 unspecified atom stereocenters. The van der Waals surface area contributed by atoms with Crippen LogP contribution in [0.5, 0.6) is 5.75 Å². The summed E-state index contributed by atoms with van der Waals surface area (Å²) >= 11 is 0. The second kappa shape index (κ2) is 10.6. The molecule has 1 amide bonds. The average molecular weight is 338 g/mol. The van der Waals surface area contributed by atoms with Gasteiger partial charge in [0.05, 0.1) is 6.42 Å². The zero-order valence-electron chi connectivity index (χ0n) is 14.2. The van der Waals surface area contributed by atoms with Crippen molar-refractivity contribution in [1.29, 1.82) is 0 Å². The fourth-order valence-corrected chi connectivity index (χ4v) is 2.11. The molecule has 7 nitrogen and oxygen atoms in total. The zero-order valence-corrected chi connectivity index (χ0v) is 14.2. The van der Waals surface area contributed by atoms with E-state index in [2.05, 4.69) is 5.32 Å². The number of amides is 1. The smallest absolute Gasteiger partial charge is 0.307 e. The van der Waals surface area contributed by atoms with Gasteiger partial charge in [0.2, 0.25) is 5.91 Å². The number of para-hydroxylation sites is 1. The molecule has 0 fully saturated rings. The Bertz CT molecular complexity index is 535. The summed E-state index contributed by atoms with van der Waals surface area (Å²) in [6.45, 7) is 3.36. The predicted molar refractivity (Wildman–Crippen MR) is 90.1 cm³/mol. The Kier molecular flexibility index (Phi) is 8.81. The highest BCUT2D eigenvalue weighted by Gasteiger charge is 2.10. The van der Waals surface area contributed by atoms with Crippen molar-refractivity contribution in [2.24, 2.45) is 0 Å². The minimum absolute atomic E-state index is 0.0629. The van der Waals surface area contributed by atoms with Crippen molar-refractivity contribution in [2.75, 3.05) is 33.3 Å². The first-order chi connectivity index (χ1) is 11.4. The topological polar surface area (TPSA) is 99.1 Å². The SMILES string of the molecule is CCC(=O)N(C)CCNCC(O)COc1ccccc1CC(=O)O. The summed E-state index contributed by atoms with van der Waals surface area (Å²) in [5.74, 6) is -0.387. The van der Waals surface area contributed by atoms with Crippen LogP contribution in [0, 0.1) is 0 Å². The van der Waals surface area contributed by atoms with E-state index in [4.69, 9.17) is 9.84 Å². The van der Waals surface area contributed by atoms with E-state index in [1.165, 1.54) is 0 Å². The Morgan fingerprint density at radius 1 is 1.33 bits per heavy atom. The lowest BCUT2D eigenvalue weighted by Crippen LogP contribution is -2.37. The number of aliphatic hydroxyl groups excluding tert-OH is 1. The number of rotatable bonds is 11. The van der Waals surface area contributed by atoms with Crippen molar-refractivity contribution in [3.8, 4) is 5.75 Å². The minimum Gasteiger partial charge on any atom is -0.491 e. The predicted octanol–water partition coefficient (Wildman–Crippen LogP) is 0.511. The van der Waals surface area contributed by atoms with Gasteiger partial charge in [-0.15, -0.1) is 0 Å². The average Bonchev–Trinajstić information content (AvgIpc) is 2.56. The van der Waals surface area contributed by atoms with Crippen LogP contribution in [0.15, 0.2) is 24.3 Å².